The van der Waals surface area contributed by atoms with Gasteiger partial charge in [-0.15, -0.1) is 0 Å². The molecule has 1 heterocycles. The Morgan fingerprint density at radius 3 is 2.95 bits per heavy atom. The highest BCUT2D eigenvalue weighted by Crippen LogP contribution is 2.23. The van der Waals surface area contributed by atoms with E-state index in [2.05, 4.69) is 20.9 Å². The van der Waals surface area contributed by atoms with Crippen molar-refractivity contribution in [3.8, 4) is 5.75 Å². The summed E-state index contributed by atoms with van der Waals surface area (Å²) in [6.45, 7) is 0.530. The van der Waals surface area contributed by atoms with Crippen LogP contribution in [-0.2, 0) is 13.5 Å². The van der Waals surface area contributed by atoms with Gasteiger partial charge in [-0.3, -0.25) is 0 Å². The Labute approximate surface area is 125 Å². The number of ether oxygens (including phenoxy) is 1. The number of thiocarbonyl (C=S) groups is 1. The Morgan fingerprint density at radius 2 is 2.32 bits per heavy atom. The van der Waals surface area contributed by atoms with Gasteiger partial charge in [0.1, 0.15) is 16.6 Å². The number of halogens is 1. The summed E-state index contributed by atoms with van der Waals surface area (Å²) in [7, 11) is 1.96. The van der Waals surface area contributed by atoms with Crippen LogP contribution in [0.4, 0.5) is 0 Å². The summed E-state index contributed by atoms with van der Waals surface area (Å²) < 4.78 is 8.63. The van der Waals surface area contributed by atoms with Crippen molar-refractivity contribution in [1.29, 1.82) is 0 Å². The summed E-state index contributed by atoms with van der Waals surface area (Å²) in [4.78, 5) is 4.57. The summed E-state index contributed by atoms with van der Waals surface area (Å²) in [6.07, 6.45) is 4.42. The molecule has 0 saturated carbocycles. The molecule has 0 atom stereocenters. The van der Waals surface area contributed by atoms with E-state index in [-0.39, 0.29) is 0 Å². The molecule has 0 amide bonds. The van der Waals surface area contributed by atoms with Crippen molar-refractivity contribution in [2.24, 2.45) is 12.8 Å². The van der Waals surface area contributed by atoms with E-state index in [1.807, 2.05) is 36.0 Å². The van der Waals surface area contributed by atoms with Gasteiger partial charge in [0.05, 0.1) is 12.2 Å². The third kappa shape index (κ3) is 3.54. The largest absolute Gasteiger partial charge is 0.492 e. The number of benzene rings is 1. The van der Waals surface area contributed by atoms with Crippen LogP contribution in [-0.4, -0.2) is 21.1 Å². The zero-order valence-corrected chi connectivity index (χ0v) is 12.9. The van der Waals surface area contributed by atoms with Gasteiger partial charge >= 0.3 is 0 Å². The number of aromatic nitrogens is 2. The Kier molecular flexibility index (Phi) is 4.55. The van der Waals surface area contributed by atoms with E-state index in [0.717, 1.165) is 22.3 Å². The van der Waals surface area contributed by atoms with E-state index >= 15 is 0 Å². The average Bonchev–Trinajstić information content (AvgIpc) is 2.77. The lowest BCUT2D eigenvalue weighted by molar-refractivity contribution is 0.317. The topological polar surface area (TPSA) is 53.1 Å². The molecule has 1 aromatic heterocycles. The van der Waals surface area contributed by atoms with Crippen LogP contribution in [0.25, 0.3) is 0 Å². The average molecular weight is 340 g/mol. The maximum Gasteiger partial charge on any atom is 0.129 e. The first-order valence-electron chi connectivity index (χ1n) is 5.76. The van der Waals surface area contributed by atoms with E-state index in [1.165, 1.54) is 0 Å². The van der Waals surface area contributed by atoms with Gasteiger partial charge in [-0.1, -0.05) is 28.1 Å². The van der Waals surface area contributed by atoms with E-state index < -0.39 is 0 Å². The van der Waals surface area contributed by atoms with Crippen LogP contribution in [0, 0.1) is 0 Å². The molecule has 0 saturated heterocycles. The zero-order valence-electron chi connectivity index (χ0n) is 10.5. The van der Waals surface area contributed by atoms with Gasteiger partial charge in [0.15, 0.2) is 0 Å². The highest BCUT2D eigenvalue weighted by molar-refractivity contribution is 9.10. The third-order valence-corrected chi connectivity index (χ3v) is 3.42. The van der Waals surface area contributed by atoms with Gasteiger partial charge in [0.25, 0.3) is 0 Å². The van der Waals surface area contributed by atoms with E-state index in [9.17, 15) is 0 Å². The fourth-order valence-electron chi connectivity index (χ4n) is 1.71. The first-order valence-corrected chi connectivity index (χ1v) is 6.96. The maximum atomic E-state index is 5.74. The predicted molar refractivity (Wildman–Crippen MR) is 82.4 cm³/mol. The smallest absolute Gasteiger partial charge is 0.129 e. The summed E-state index contributed by atoms with van der Waals surface area (Å²) in [5.41, 5.74) is 6.43. The van der Waals surface area contributed by atoms with E-state index in [1.54, 1.807) is 6.20 Å². The molecule has 0 aliphatic rings. The summed E-state index contributed by atoms with van der Waals surface area (Å²) in [5, 5.41) is 0. The summed E-state index contributed by atoms with van der Waals surface area (Å²) in [6, 6.07) is 5.62. The van der Waals surface area contributed by atoms with Crippen LogP contribution in [0.1, 0.15) is 11.4 Å². The van der Waals surface area contributed by atoms with Crippen LogP contribution in [0.15, 0.2) is 35.1 Å². The fourth-order valence-corrected chi connectivity index (χ4v) is 2.23. The Bertz CT molecular complexity index is 597. The molecule has 1 aromatic carbocycles. The van der Waals surface area contributed by atoms with Crippen molar-refractivity contribution in [3.63, 3.8) is 0 Å². The predicted octanol–water partition coefficient (Wildman–Crippen LogP) is 2.44. The molecule has 4 nitrogen and oxygen atoms in total. The molecule has 19 heavy (non-hydrogen) atoms. The molecule has 100 valence electrons. The Morgan fingerprint density at radius 1 is 1.53 bits per heavy atom. The third-order valence-electron chi connectivity index (χ3n) is 2.71. The monoisotopic (exact) mass is 339 g/mol. The Balaban J connectivity index is 2.03. The van der Waals surface area contributed by atoms with Gasteiger partial charge < -0.3 is 15.0 Å². The first kappa shape index (κ1) is 14.0. The lowest BCUT2D eigenvalue weighted by Crippen LogP contribution is -2.13. The molecule has 0 aliphatic heterocycles. The second kappa shape index (κ2) is 6.16. The van der Waals surface area contributed by atoms with Gasteiger partial charge in [0, 0.05) is 30.3 Å². The normalized spacial score (nSPS) is 10.4. The number of rotatable bonds is 5. The molecular weight excluding hydrogens is 326 g/mol. The molecule has 0 radical (unpaired) electrons. The second-order valence-electron chi connectivity index (χ2n) is 4.06. The number of nitrogens with zero attached hydrogens (tertiary/aromatic N) is 2. The molecule has 0 aliphatic carbocycles. The standard InChI is InChI=1S/C13H14BrN3OS/c1-17-6-5-16-12(17)4-7-18-11-3-2-9(14)8-10(11)13(15)19/h2-3,5-6,8H,4,7H2,1H3,(H2,15,19). The SMILES string of the molecule is Cn1ccnc1CCOc1ccc(Br)cc1C(N)=S. The minimum absolute atomic E-state index is 0.327. The van der Waals surface area contributed by atoms with Gasteiger partial charge in [-0.25, -0.2) is 4.98 Å². The van der Waals surface area contributed by atoms with Crippen LogP contribution >= 0.6 is 28.1 Å². The zero-order chi connectivity index (χ0) is 13.8. The molecule has 0 fully saturated rings. The fraction of sp³-hybridized carbons (Fsp3) is 0.231. The minimum atomic E-state index is 0.327. The number of imidazole rings is 1. The number of nitrogens with two attached hydrogens (primary N) is 1. The highest BCUT2D eigenvalue weighted by Gasteiger charge is 2.08. The lowest BCUT2D eigenvalue weighted by atomic mass is 10.2. The first-order chi connectivity index (χ1) is 9.08. The molecule has 0 bridgehead atoms. The maximum absolute atomic E-state index is 5.74. The van der Waals surface area contributed by atoms with Crippen LogP contribution in [0.3, 0.4) is 0 Å². The lowest BCUT2D eigenvalue weighted by Gasteiger charge is -2.11. The van der Waals surface area contributed by atoms with Crippen LogP contribution in [0.5, 0.6) is 5.75 Å². The van der Waals surface area contributed by atoms with Gasteiger partial charge in [-0.2, -0.15) is 0 Å². The van der Waals surface area contributed by atoms with Gasteiger partial charge in [0.2, 0.25) is 0 Å². The Hall–Kier alpha value is -1.40. The highest BCUT2D eigenvalue weighted by atomic mass is 79.9. The molecule has 2 N–H and O–H groups in total. The molecular formula is C13H14BrN3OS. The van der Waals surface area contributed by atoms with E-state index in [4.69, 9.17) is 22.7 Å². The van der Waals surface area contributed by atoms with Crippen LogP contribution in [0.2, 0.25) is 0 Å². The molecule has 0 spiro atoms. The molecule has 6 heteroatoms. The van der Waals surface area contributed by atoms with Crippen molar-refractivity contribution < 1.29 is 4.74 Å². The summed E-state index contributed by atoms with van der Waals surface area (Å²) >= 11 is 8.41. The quantitative estimate of drug-likeness (QED) is 0.850. The molecule has 0 unspecified atom stereocenters. The van der Waals surface area contributed by atoms with Crippen LogP contribution < -0.4 is 10.5 Å². The number of aryl methyl sites for hydroxylation is 1. The van der Waals surface area contributed by atoms with Gasteiger partial charge in [-0.05, 0) is 18.2 Å². The van der Waals surface area contributed by atoms with Crippen molar-refractivity contribution in [1.82, 2.24) is 9.55 Å². The van der Waals surface area contributed by atoms with Crippen molar-refractivity contribution in [2.75, 3.05) is 6.61 Å². The summed E-state index contributed by atoms with van der Waals surface area (Å²) in [5.74, 6) is 1.68. The number of hydrogen-bond donors (Lipinski definition) is 1. The van der Waals surface area contributed by atoms with Crippen molar-refractivity contribution in [3.05, 3.63) is 46.5 Å². The van der Waals surface area contributed by atoms with E-state index in [0.29, 0.717) is 17.3 Å². The number of hydrogen-bond acceptors (Lipinski definition) is 3. The second-order valence-corrected chi connectivity index (χ2v) is 5.41. The van der Waals surface area contributed by atoms with Crippen molar-refractivity contribution >= 4 is 33.1 Å². The molecule has 2 aromatic rings. The molecule has 2 rings (SSSR count). The minimum Gasteiger partial charge on any atom is -0.492 e. The van der Waals surface area contributed by atoms with Crippen molar-refractivity contribution in [2.45, 2.75) is 6.42 Å².